The molecule has 0 amide bonds. The zero-order valence-corrected chi connectivity index (χ0v) is 12.0. The first kappa shape index (κ1) is 13.3. The highest BCUT2D eigenvalue weighted by Gasteiger charge is 2.18. The van der Waals surface area contributed by atoms with Crippen molar-refractivity contribution in [2.24, 2.45) is 5.92 Å². The molecule has 0 aliphatic carbocycles. The maximum absolute atomic E-state index is 5.57. The van der Waals surface area contributed by atoms with Crippen LogP contribution >= 0.6 is 12.2 Å². The van der Waals surface area contributed by atoms with Crippen molar-refractivity contribution in [3.63, 3.8) is 0 Å². The van der Waals surface area contributed by atoms with Crippen LogP contribution in [-0.4, -0.2) is 29.6 Å². The number of benzene rings is 1. The van der Waals surface area contributed by atoms with Gasteiger partial charge < -0.3 is 9.64 Å². The molecular weight excluding hydrogens is 242 g/mol. The van der Waals surface area contributed by atoms with E-state index in [0.29, 0.717) is 6.61 Å². The van der Waals surface area contributed by atoms with Crippen molar-refractivity contribution in [2.75, 3.05) is 19.7 Å². The minimum atomic E-state index is 0.702. The van der Waals surface area contributed by atoms with Gasteiger partial charge in [-0.05, 0) is 49.9 Å². The van der Waals surface area contributed by atoms with Crippen molar-refractivity contribution >= 4 is 17.2 Å². The molecule has 0 atom stereocenters. The highest BCUT2D eigenvalue weighted by Crippen LogP contribution is 2.20. The summed E-state index contributed by atoms with van der Waals surface area (Å²) in [5, 5.41) is 0. The Kier molecular flexibility index (Phi) is 4.59. The van der Waals surface area contributed by atoms with Crippen LogP contribution in [-0.2, 0) is 0 Å². The van der Waals surface area contributed by atoms with Gasteiger partial charge in [-0.25, -0.2) is 0 Å². The first-order valence-electron chi connectivity index (χ1n) is 6.73. The summed E-state index contributed by atoms with van der Waals surface area (Å²) in [7, 11) is 0. The highest BCUT2D eigenvalue weighted by molar-refractivity contribution is 7.80. The second-order valence-electron chi connectivity index (χ2n) is 4.93. The molecule has 2 rings (SSSR count). The monoisotopic (exact) mass is 263 g/mol. The summed E-state index contributed by atoms with van der Waals surface area (Å²) in [6, 6.07) is 8.12. The highest BCUT2D eigenvalue weighted by atomic mass is 32.1. The minimum Gasteiger partial charge on any atom is -0.494 e. The molecule has 1 aliphatic heterocycles. The van der Waals surface area contributed by atoms with Gasteiger partial charge in [0.05, 0.1) is 6.61 Å². The predicted octanol–water partition coefficient (Wildman–Crippen LogP) is 3.49. The van der Waals surface area contributed by atoms with Crippen LogP contribution in [0.5, 0.6) is 5.75 Å². The van der Waals surface area contributed by atoms with Crippen LogP contribution in [0.3, 0.4) is 0 Å². The molecule has 1 aromatic carbocycles. The SMILES string of the molecule is CCOc1ccc(C(=S)N2CCC(C)CC2)cc1. The maximum Gasteiger partial charge on any atom is 0.119 e. The van der Waals surface area contributed by atoms with E-state index in [2.05, 4.69) is 24.0 Å². The molecule has 0 spiro atoms. The lowest BCUT2D eigenvalue weighted by Gasteiger charge is -2.32. The van der Waals surface area contributed by atoms with Crippen LogP contribution in [0.2, 0.25) is 0 Å². The lowest BCUT2D eigenvalue weighted by Crippen LogP contribution is -2.37. The van der Waals surface area contributed by atoms with Gasteiger partial charge in [-0.15, -0.1) is 0 Å². The molecule has 2 nitrogen and oxygen atoms in total. The van der Waals surface area contributed by atoms with Crippen molar-refractivity contribution in [3.8, 4) is 5.75 Å². The fraction of sp³-hybridized carbons (Fsp3) is 0.533. The summed E-state index contributed by atoms with van der Waals surface area (Å²) < 4.78 is 5.44. The molecule has 0 N–H and O–H groups in total. The first-order valence-corrected chi connectivity index (χ1v) is 7.13. The molecule has 3 heteroatoms. The Morgan fingerprint density at radius 3 is 2.44 bits per heavy atom. The summed E-state index contributed by atoms with van der Waals surface area (Å²) in [5.41, 5.74) is 1.13. The van der Waals surface area contributed by atoms with Gasteiger partial charge in [0.25, 0.3) is 0 Å². The van der Waals surface area contributed by atoms with Crippen molar-refractivity contribution in [2.45, 2.75) is 26.7 Å². The first-order chi connectivity index (χ1) is 8.70. The van der Waals surface area contributed by atoms with E-state index in [-0.39, 0.29) is 0 Å². The van der Waals surface area contributed by atoms with Gasteiger partial charge in [0, 0.05) is 18.7 Å². The van der Waals surface area contributed by atoms with Gasteiger partial charge in [0.2, 0.25) is 0 Å². The maximum atomic E-state index is 5.57. The molecule has 18 heavy (non-hydrogen) atoms. The third kappa shape index (κ3) is 3.22. The number of thiocarbonyl (C=S) groups is 1. The van der Waals surface area contributed by atoms with E-state index in [0.717, 1.165) is 35.3 Å². The number of rotatable bonds is 3. The van der Waals surface area contributed by atoms with Gasteiger partial charge >= 0.3 is 0 Å². The number of ether oxygens (including phenoxy) is 1. The molecule has 0 unspecified atom stereocenters. The number of likely N-dealkylation sites (tertiary alicyclic amines) is 1. The summed E-state index contributed by atoms with van der Waals surface area (Å²) in [4.78, 5) is 3.30. The van der Waals surface area contributed by atoms with Gasteiger partial charge in [-0.2, -0.15) is 0 Å². The summed E-state index contributed by atoms with van der Waals surface area (Å²) in [6.45, 7) is 7.19. The normalized spacial score (nSPS) is 16.7. The van der Waals surface area contributed by atoms with Crippen LogP contribution in [0, 0.1) is 5.92 Å². The van der Waals surface area contributed by atoms with Crippen LogP contribution in [0.4, 0.5) is 0 Å². The minimum absolute atomic E-state index is 0.702. The standard InChI is InChI=1S/C15H21NOS/c1-3-17-14-6-4-13(5-7-14)15(18)16-10-8-12(2)9-11-16/h4-7,12H,3,8-11H2,1-2H3. The largest absolute Gasteiger partial charge is 0.494 e. The molecule has 1 heterocycles. The van der Waals surface area contributed by atoms with Gasteiger partial charge in [-0.1, -0.05) is 19.1 Å². The molecule has 1 saturated heterocycles. The van der Waals surface area contributed by atoms with Crippen LogP contribution in [0.25, 0.3) is 0 Å². The van der Waals surface area contributed by atoms with E-state index in [9.17, 15) is 0 Å². The van der Waals surface area contributed by atoms with Gasteiger partial charge in [0.1, 0.15) is 10.7 Å². The number of nitrogens with zero attached hydrogens (tertiary/aromatic N) is 1. The molecule has 1 fully saturated rings. The average Bonchev–Trinajstić information content (AvgIpc) is 2.40. The van der Waals surface area contributed by atoms with Crippen LogP contribution < -0.4 is 4.74 Å². The van der Waals surface area contributed by atoms with Crippen molar-refractivity contribution in [1.29, 1.82) is 0 Å². The zero-order chi connectivity index (χ0) is 13.0. The topological polar surface area (TPSA) is 12.5 Å². The fourth-order valence-electron chi connectivity index (χ4n) is 2.25. The predicted molar refractivity (Wildman–Crippen MR) is 79.3 cm³/mol. The Labute approximate surface area is 115 Å². The van der Waals surface area contributed by atoms with Crippen molar-refractivity contribution in [3.05, 3.63) is 29.8 Å². The Balaban J connectivity index is 2.00. The number of piperidine rings is 1. The van der Waals surface area contributed by atoms with E-state index >= 15 is 0 Å². The van der Waals surface area contributed by atoms with E-state index in [1.54, 1.807) is 0 Å². The Bertz CT molecular complexity index is 393. The van der Waals surface area contributed by atoms with E-state index in [4.69, 9.17) is 17.0 Å². The third-order valence-electron chi connectivity index (χ3n) is 3.48. The lowest BCUT2D eigenvalue weighted by molar-refractivity contribution is 0.284. The molecular formula is C15H21NOS. The van der Waals surface area contributed by atoms with Crippen LogP contribution in [0.1, 0.15) is 32.3 Å². The number of hydrogen-bond donors (Lipinski definition) is 0. The summed E-state index contributed by atoms with van der Waals surface area (Å²) >= 11 is 5.57. The quantitative estimate of drug-likeness (QED) is 0.775. The van der Waals surface area contributed by atoms with Crippen molar-refractivity contribution < 1.29 is 4.74 Å². The molecule has 0 radical (unpaired) electrons. The second-order valence-corrected chi connectivity index (χ2v) is 5.32. The summed E-state index contributed by atoms with van der Waals surface area (Å²) in [5.74, 6) is 1.75. The zero-order valence-electron chi connectivity index (χ0n) is 11.2. The van der Waals surface area contributed by atoms with Crippen molar-refractivity contribution in [1.82, 2.24) is 4.90 Å². The van der Waals surface area contributed by atoms with E-state index in [1.807, 2.05) is 19.1 Å². The van der Waals surface area contributed by atoms with E-state index < -0.39 is 0 Å². The Morgan fingerprint density at radius 2 is 1.89 bits per heavy atom. The average molecular weight is 263 g/mol. The molecule has 1 aliphatic rings. The molecule has 0 bridgehead atoms. The molecule has 0 saturated carbocycles. The van der Waals surface area contributed by atoms with E-state index in [1.165, 1.54) is 12.8 Å². The summed E-state index contributed by atoms with van der Waals surface area (Å²) in [6.07, 6.45) is 2.49. The molecule has 1 aromatic rings. The Morgan fingerprint density at radius 1 is 1.28 bits per heavy atom. The van der Waals surface area contributed by atoms with Crippen LogP contribution in [0.15, 0.2) is 24.3 Å². The van der Waals surface area contributed by atoms with Gasteiger partial charge in [0.15, 0.2) is 0 Å². The Hall–Kier alpha value is -1.09. The third-order valence-corrected chi connectivity index (χ3v) is 3.98. The number of hydrogen-bond acceptors (Lipinski definition) is 2. The lowest BCUT2D eigenvalue weighted by atomic mass is 9.99. The van der Waals surface area contributed by atoms with Gasteiger partial charge in [-0.3, -0.25) is 0 Å². The smallest absolute Gasteiger partial charge is 0.119 e. The molecule has 0 aromatic heterocycles. The molecule has 98 valence electrons. The second kappa shape index (κ2) is 6.19. The fourth-order valence-corrected chi connectivity index (χ4v) is 2.57.